The van der Waals surface area contributed by atoms with Gasteiger partial charge >= 0.3 is 0 Å². The third-order valence-electron chi connectivity index (χ3n) is 3.15. The second kappa shape index (κ2) is 4.27. The molecule has 3 rings (SSSR count). The van der Waals surface area contributed by atoms with E-state index in [1.165, 1.54) is 5.56 Å². The second-order valence-corrected chi connectivity index (χ2v) is 4.44. The average Bonchev–Trinajstić information content (AvgIpc) is 2.82. The van der Waals surface area contributed by atoms with Crippen molar-refractivity contribution in [3.63, 3.8) is 0 Å². The molecular formula is C15H15N3. The summed E-state index contributed by atoms with van der Waals surface area (Å²) in [6.45, 7) is 2.62. The number of rotatable bonds is 2. The fourth-order valence-corrected chi connectivity index (χ4v) is 2.25. The number of pyridine rings is 1. The predicted octanol–water partition coefficient (Wildman–Crippen LogP) is 2.77. The summed E-state index contributed by atoms with van der Waals surface area (Å²) in [5.74, 6) is 0.962. The fraction of sp³-hybridized carbons (Fsp3) is 0.133. The zero-order chi connectivity index (χ0) is 12.5. The van der Waals surface area contributed by atoms with E-state index in [9.17, 15) is 0 Å². The normalized spacial score (nSPS) is 11.0. The molecule has 0 aliphatic carbocycles. The molecule has 2 heterocycles. The van der Waals surface area contributed by atoms with Crippen LogP contribution in [0.25, 0.3) is 16.9 Å². The summed E-state index contributed by atoms with van der Waals surface area (Å²) in [5, 5.41) is 0. The van der Waals surface area contributed by atoms with Gasteiger partial charge in [-0.25, -0.2) is 4.98 Å². The molecule has 0 atom stereocenters. The molecule has 0 aliphatic heterocycles. The topological polar surface area (TPSA) is 43.3 Å². The van der Waals surface area contributed by atoms with Gasteiger partial charge in [0.05, 0.1) is 11.7 Å². The Bertz CT molecular complexity index is 698. The van der Waals surface area contributed by atoms with Crippen LogP contribution in [0.3, 0.4) is 0 Å². The molecule has 0 radical (unpaired) electrons. The van der Waals surface area contributed by atoms with Gasteiger partial charge < -0.3 is 5.73 Å². The Morgan fingerprint density at radius 3 is 2.89 bits per heavy atom. The van der Waals surface area contributed by atoms with Crippen LogP contribution in [0.1, 0.15) is 11.1 Å². The van der Waals surface area contributed by atoms with Crippen molar-refractivity contribution in [2.24, 2.45) is 5.73 Å². The highest BCUT2D eigenvalue weighted by Gasteiger charge is 2.08. The minimum atomic E-state index is 0.531. The van der Waals surface area contributed by atoms with Crippen molar-refractivity contribution in [3.8, 4) is 11.4 Å². The van der Waals surface area contributed by atoms with Gasteiger partial charge in [0, 0.05) is 18.3 Å². The lowest BCUT2D eigenvalue weighted by Gasteiger charge is -2.04. The molecule has 0 amide bonds. The van der Waals surface area contributed by atoms with Gasteiger partial charge in [-0.2, -0.15) is 0 Å². The maximum Gasteiger partial charge on any atom is 0.144 e. The first-order valence-corrected chi connectivity index (χ1v) is 6.01. The molecule has 0 bridgehead atoms. The third-order valence-corrected chi connectivity index (χ3v) is 3.15. The first kappa shape index (κ1) is 11.0. The van der Waals surface area contributed by atoms with E-state index >= 15 is 0 Å². The van der Waals surface area contributed by atoms with Crippen molar-refractivity contribution in [1.29, 1.82) is 0 Å². The molecule has 2 aromatic heterocycles. The number of benzene rings is 1. The third kappa shape index (κ3) is 1.69. The number of nitrogens with zero attached hydrogens (tertiary/aromatic N) is 2. The molecule has 0 fully saturated rings. The standard InChI is InChI=1S/C15H15N3/c1-11-4-2-5-12(8-11)15-17-10-14-13(9-16)6-3-7-18(14)15/h2-8,10H,9,16H2,1H3. The van der Waals surface area contributed by atoms with E-state index in [0.29, 0.717) is 6.54 Å². The summed E-state index contributed by atoms with van der Waals surface area (Å²) in [6, 6.07) is 12.4. The van der Waals surface area contributed by atoms with E-state index in [4.69, 9.17) is 5.73 Å². The molecule has 3 aromatic rings. The van der Waals surface area contributed by atoms with E-state index in [-0.39, 0.29) is 0 Å². The first-order valence-electron chi connectivity index (χ1n) is 6.01. The van der Waals surface area contributed by atoms with Crippen LogP contribution in [0.5, 0.6) is 0 Å². The molecule has 0 unspecified atom stereocenters. The van der Waals surface area contributed by atoms with E-state index in [2.05, 4.69) is 40.6 Å². The van der Waals surface area contributed by atoms with Gasteiger partial charge in [0.25, 0.3) is 0 Å². The number of aryl methyl sites for hydroxylation is 1. The van der Waals surface area contributed by atoms with Crippen LogP contribution in [0.15, 0.2) is 48.8 Å². The van der Waals surface area contributed by atoms with Gasteiger partial charge in [0.2, 0.25) is 0 Å². The van der Waals surface area contributed by atoms with E-state index in [1.54, 1.807) is 0 Å². The quantitative estimate of drug-likeness (QED) is 0.744. The van der Waals surface area contributed by atoms with Crippen LogP contribution >= 0.6 is 0 Å². The van der Waals surface area contributed by atoms with Crippen molar-refractivity contribution in [1.82, 2.24) is 9.38 Å². The Labute approximate surface area is 106 Å². The van der Waals surface area contributed by atoms with Crippen molar-refractivity contribution in [2.45, 2.75) is 13.5 Å². The van der Waals surface area contributed by atoms with Gasteiger partial charge in [-0.3, -0.25) is 4.40 Å². The summed E-state index contributed by atoms with van der Waals surface area (Å²) in [4.78, 5) is 4.52. The van der Waals surface area contributed by atoms with Gasteiger partial charge in [-0.05, 0) is 24.6 Å². The number of hydrogen-bond donors (Lipinski definition) is 1. The maximum absolute atomic E-state index is 5.75. The Balaban J connectivity index is 2.25. The molecule has 3 heteroatoms. The van der Waals surface area contributed by atoms with Crippen LogP contribution in [-0.2, 0) is 6.54 Å². The van der Waals surface area contributed by atoms with Gasteiger partial charge in [0.15, 0.2) is 0 Å². The highest BCUT2D eigenvalue weighted by atomic mass is 15.0. The maximum atomic E-state index is 5.75. The molecule has 18 heavy (non-hydrogen) atoms. The van der Waals surface area contributed by atoms with Crippen molar-refractivity contribution < 1.29 is 0 Å². The minimum Gasteiger partial charge on any atom is -0.326 e. The summed E-state index contributed by atoms with van der Waals surface area (Å²) < 4.78 is 2.09. The van der Waals surface area contributed by atoms with E-state index < -0.39 is 0 Å². The lowest BCUT2D eigenvalue weighted by Crippen LogP contribution is -1.99. The lowest BCUT2D eigenvalue weighted by atomic mass is 10.1. The molecule has 0 spiro atoms. The number of nitrogens with two attached hydrogens (primary N) is 1. The van der Waals surface area contributed by atoms with Gasteiger partial charge in [-0.1, -0.05) is 29.8 Å². The van der Waals surface area contributed by atoms with Crippen molar-refractivity contribution in [3.05, 3.63) is 59.9 Å². The van der Waals surface area contributed by atoms with E-state index in [0.717, 1.165) is 22.5 Å². The molecule has 0 aliphatic rings. The Hall–Kier alpha value is -2.13. The van der Waals surface area contributed by atoms with Crippen molar-refractivity contribution in [2.75, 3.05) is 0 Å². The molecule has 3 nitrogen and oxygen atoms in total. The Morgan fingerprint density at radius 1 is 1.22 bits per heavy atom. The number of fused-ring (bicyclic) bond motifs is 1. The number of aromatic nitrogens is 2. The summed E-state index contributed by atoms with van der Waals surface area (Å²) in [6.07, 6.45) is 3.92. The Morgan fingerprint density at radius 2 is 2.11 bits per heavy atom. The first-order chi connectivity index (χ1) is 8.79. The lowest BCUT2D eigenvalue weighted by molar-refractivity contribution is 1.05. The highest BCUT2D eigenvalue weighted by molar-refractivity contribution is 5.65. The predicted molar refractivity (Wildman–Crippen MR) is 73.3 cm³/mol. The van der Waals surface area contributed by atoms with Crippen LogP contribution in [0, 0.1) is 6.92 Å². The van der Waals surface area contributed by atoms with Gasteiger partial charge in [-0.15, -0.1) is 0 Å². The van der Waals surface area contributed by atoms with Crippen LogP contribution < -0.4 is 5.73 Å². The zero-order valence-electron chi connectivity index (χ0n) is 10.3. The molecule has 2 N–H and O–H groups in total. The molecule has 90 valence electrons. The second-order valence-electron chi connectivity index (χ2n) is 4.44. The van der Waals surface area contributed by atoms with Gasteiger partial charge in [0.1, 0.15) is 5.82 Å². The average molecular weight is 237 g/mol. The van der Waals surface area contributed by atoms with Crippen LogP contribution in [0.4, 0.5) is 0 Å². The van der Waals surface area contributed by atoms with Crippen molar-refractivity contribution >= 4 is 5.52 Å². The minimum absolute atomic E-state index is 0.531. The van der Waals surface area contributed by atoms with E-state index in [1.807, 2.05) is 24.5 Å². The molecule has 0 saturated heterocycles. The number of imidazole rings is 1. The Kier molecular flexibility index (Phi) is 2.61. The fourth-order valence-electron chi connectivity index (χ4n) is 2.25. The summed E-state index contributed by atoms with van der Waals surface area (Å²) in [5.41, 5.74) is 10.3. The number of hydrogen-bond acceptors (Lipinski definition) is 2. The molecule has 1 aromatic carbocycles. The summed E-state index contributed by atoms with van der Waals surface area (Å²) >= 11 is 0. The van der Waals surface area contributed by atoms with Crippen LogP contribution in [-0.4, -0.2) is 9.38 Å². The summed E-state index contributed by atoms with van der Waals surface area (Å²) in [7, 11) is 0. The highest BCUT2D eigenvalue weighted by Crippen LogP contribution is 2.22. The van der Waals surface area contributed by atoms with Crippen LogP contribution in [0.2, 0.25) is 0 Å². The zero-order valence-corrected chi connectivity index (χ0v) is 10.3. The largest absolute Gasteiger partial charge is 0.326 e. The molecular weight excluding hydrogens is 222 g/mol. The monoisotopic (exact) mass is 237 g/mol. The SMILES string of the molecule is Cc1cccc(-c2ncc3c(CN)cccn23)c1. The smallest absolute Gasteiger partial charge is 0.144 e. The molecule has 0 saturated carbocycles.